The Bertz CT molecular complexity index is 951. The zero-order chi connectivity index (χ0) is 18.0. The number of anilines is 1. The Morgan fingerprint density at radius 3 is 2.68 bits per heavy atom. The molecule has 1 aliphatic rings. The third-order valence-electron chi connectivity index (χ3n) is 3.72. The molecule has 0 saturated carbocycles. The first-order chi connectivity index (χ1) is 11.9. The minimum Gasteiger partial charge on any atom is -0.465 e. The maximum Gasteiger partial charge on any atom is 0.339 e. The van der Waals surface area contributed by atoms with Crippen LogP contribution in [0.2, 0.25) is 0 Å². The van der Waals surface area contributed by atoms with Crippen LogP contribution in [-0.2, 0) is 26.1 Å². The van der Waals surface area contributed by atoms with Crippen LogP contribution in [-0.4, -0.2) is 27.4 Å². The number of methoxy groups -OCH3 is 1. The van der Waals surface area contributed by atoms with Crippen LogP contribution < -0.4 is 9.50 Å². The normalized spacial score (nSPS) is 13.6. The molecule has 0 atom stereocenters. The number of rotatable bonds is 4. The molecular weight excluding hydrogens is 346 g/mol. The van der Waals surface area contributed by atoms with E-state index in [1.54, 1.807) is 0 Å². The van der Waals surface area contributed by atoms with Gasteiger partial charge in [0, 0.05) is 12.1 Å². The van der Waals surface area contributed by atoms with E-state index in [9.17, 15) is 18.0 Å². The van der Waals surface area contributed by atoms with Crippen molar-refractivity contribution in [2.24, 2.45) is 0 Å². The fourth-order valence-corrected chi connectivity index (χ4v) is 3.46. The van der Waals surface area contributed by atoms with Crippen molar-refractivity contribution >= 4 is 27.7 Å². The summed E-state index contributed by atoms with van der Waals surface area (Å²) in [6, 6.07) is 10.1. The smallest absolute Gasteiger partial charge is 0.339 e. The van der Waals surface area contributed by atoms with Crippen LogP contribution in [0.4, 0.5) is 5.69 Å². The molecule has 0 unspecified atom stereocenters. The zero-order valence-corrected chi connectivity index (χ0v) is 14.1. The molecule has 0 fully saturated rings. The zero-order valence-electron chi connectivity index (χ0n) is 13.3. The summed E-state index contributed by atoms with van der Waals surface area (Å²) in [6.45, 7) is 0. The first-order valence-corrected chi connectivity index (χ1v) is 8.85. The molecule has 0 radical (unpaired) electrons. The number of benzene rings is 2. The van der Waals surface area contributed by atoms with Gasteiger partial charge in [-0.2, -0.15) is 8.42 Å². The Morgan fingerprint density at radius 2 is 1.92 bits per heavy atom. The number of amides is 1. The average Bonchev–Trinajstić information content (AvgIpc) is 2.60. The minimum absolute atomic E-state index is 0.00826. The minimum atomic E-state index is -4.07. The molecule has 1 N–H and O–H groups in total. The molecule has 8 heteroatoms. The number of hydrogen-bond donors (Lipinski definition) is 1. The van der Waals surface area contributed by atoms with Gasteiger partial charge in [-0.05, 0) is 48.4 Å². The predicted molar refractivity (Wildman–Crippen MR) is 89.0 cm³/mol. The largest absolute Gasteiger partial charge is 0.465 e. The van der Waals surface area contributed by atoms with Crippen molar-refractivity contribution in [1.29, 1.82) is 0 Å². The van der Waals surface area contributed by atoms with E-state index in [0.29, 0.717) is 18.5 Å². The second kappa shape index (κ2) is 6.56. The van der Waals surface area contributed by atoms with E-state index in [0.717, 1.165) is 5.56 Å². The van der Waals surface area contributed by atoms with Gasteiger partial charge in [0.2, 0.25) is 5.91 Å². The number of esters is 1. The van der Waals surface area contributed by atoms with Gasteiger partial charge in [0.25, 0.3) is 0 Å². The maximum absolute atomic E-state index is 12.5. The van der Waals surface area contributed by atoms with Crippen LogP contribution in [0.1, 0.15) is 22.3 Å². The molecule has 1 heterocycles. The summed E-state index contributed by atoms with van der Waals surface area (Å²) in [7, 11) is -2.84. The number of ether oxygens (including phenoxy) is 1. The number of carbonyl (C=O) groups is 2. The summed E-state index contributed by atoms with van der Waals surface area (Å²) in [6.07, 6.45) is 0.765. The van der Waals surface area contributed by atoms with Crippen LogP contribution in [0, 0.1) is 0 Å². The molecule has 0 bridgehead atoms. The van der Waals surface area contributed by atoms with E-state index >= 15 is 0 Å². The van der Waals surface area contributed by atoms with Crippen molar-refractivity contribution in [2.45, 2.75) is 17.7 Å². The molecule has 0 spiro atoms. The second-order valence-electron chi connectivity index (χ2n) is 5.42. The van der Waals surface area contributed by atoms with Crippen LogP contribution >= 0.6 is 0 Å². The highest BCUT2D eigenvalue weighted by Crippen LogP contribution is 2.27. The van der Waals surface area contributed by atoms with Crippen molar-refractivity contribution in [3.05, 3.63) is 53.6 Å². The highest BCUT2D eigenvalue weighted by atomic mass is 32.2. The Morgan fingerprint density at radius 1 is 1.12 bits per heavy atom. The first-order valence-electron chi connectivity index (χ1n) is 7.45. The van der Waals surface area contributed by atoms with Crippen molar-refractivity contribution in [3.63, 3.8) is 0 Å². The highest BCUT2D eigenvalue weighted by Gasteiger charge is 2.22. The van der Waals surface area contributed by atoms with Gasteiger partial charge in [0.1, 0.15) is 10.6 Å². The van der Waals surface area contributed by atoms with Gasteiger partial charge in [0.05, 0.1) is 12.7 Å². The van der Waals surface area contributed by atoms with E-state index < -0.39 is 16.1 Å². The number of nitrogens with one attached hydrogen (secondary N) is 1. The Labute approximate surface area is 144 Å². The van der Waals surface area contributed by atoms with E-state index in [-0.39, 0.29) is 22.1 Å². The number of fused-ring (bicyclic) bond motifs is 1. The SMILES string of the molecule is COC(=O)c1cccc(OS(=O)(=O)c2ccc3c(c2)CCC(=O)N3)c1. The predicted octanol–water partition coefficient (Wildman–Crippen LogP) is 2.13. The Balaban J connectivity index is 1.88. The summed E-state index contributed by atoms with van der Waals surface area (Å²) in [4.78, 5) is 22.9. The number of carbonyl (C=O) groups excluding carboxylic acids is 2. The summed E-state index contributed by atoms with van der Waals surface area (Å²) in [5.74, 6) is -0.680. The quantitative estimate of drug-likeness (QED) is 0.662. The van der Waals surface area contributed by atoms with Gasteiger partial charge in [-0.3, -0.25) is 4.79 Å². The van der Waals surface area contributed by atoms with E-state index in [2.05, 4.69) is 10.1 Å². The third kappa shape index (κ3) is 3.63. The van der Waals surface area contributed by atoms with Crippen molar-refractivity contribution in [3.8, 4) is 5.75 Å². The van der Waals surface area contributed by atoms with Crippen molar-refractivity contribution in [1.82, 2.24) is 0 Å². The molecule has 0 aliphatic carbocycles. The molecule has 0 aromatic heterocycles. The molecule has 25 heavy (non-hydrogen) atoms. The third-order valence-corrected chi connectivity index (χ3v) is 4.97. The summed E-state index contributed by atoms with van der Waals surface area (Å²) in [5.41, 5.74) is 1.51. The second-order valence-corrected chi connectivity index (χ2v) is 6.97. The number of hydrogen-bond acceptors (Lipinski definition) is 6. The molecule has 1 aliphatic heterocycles. The molecule has 7 nitrogen and oxygen atoms in total. The van der Waals surface area contributed by atoms with E-state index in [1.807, 2.05) is 0 Å². The van der Waals surface area contributed by atoms with Gasteiger partial charge in [-0.25, -0.2) is 4.79 Å². The lowest BCUT2D eigenvalue weighted by atomic mass is 10.0. The van der Waals surface area contributed by atoms with Gasteiger partial charge >= 0.3 is 16.1 Å². The Kier molecular flexibility index (Phi) is 4.45. The average molecular weight is 361 g/mol. The molecule has 2 aromatic carbocycles. The van der Waals surface area contributed by atoms with Crippen molar-refractivity contribution in [2.75, 3.05) is 12.4 Å². The highest BCUT2D eigenvalue weighted by molar-refractivity contribution is 7.87. The van der Waals surface area contributed by atoms with Gasteiger partial charge < -0.3 is 14.2 Å². The summed E-state index contributed by atoms with van der Waals surface area (Å²) >= 11 is 0. The maximum atomic E-state index is 12.5. The molecular formula is C17H15NO6S. The first kappa shape index (κ1) is 17.0. The standard InChI is InChI=1S/C17H15NO6S/c1-23-17(20)12-3-2-4-13(9-12)24-25(21,22)14-6-7-15-11(10-14)5-8-16(19)18-15/h2-4,6-7,9-10H,5,8H2,1H3,(H,18,19). The monoisotopic (exact) mass is 361 g/mol. The fraction of sp³-hybridized carbons (Fsp3) is 0.176. The molecule has 2 aromatic rings. The van der Waals surface area contributed by atoms with Crippen LogP contribution in [0.3, 0.4) is 0 Å². The Hall–Kier alpha value is -2.87. The molecule has 130 valence electrons. The summed E-state index contributed by atoms with van der Waals surface area (Å²) < 4.78 is 34.7. The fourth-order valence-electron chi connectivity index (χ4n) is 2.48. The van der Waals surface area contributed by atoms with E-state index in [4.69, 9.17) is 4.18 Å². The van der Waals surface area contributed by atoms with Crippen LogP contribution in [0.15, 0.2) is 47.4 Å². The van der Waals surface area contributed by atoms with Gasteiger partial charge in [-0.15, -0.1) is 0 Å². The summed E-state index contributed by atoms with van der Waals surface area (Å²) in [5, 5.41) is 2.69. The molecule has 0 saturated heterocycles. The van der Waals surface area contributed by atoms with Crippen molar-refractivity contribution < 1.29 is 26.9 Å². The topological polar surface area (TPSA) is 98.8 Å². The van der Waals surface area contributed by atoms with Gasteiger partial charge in [-0.1, -0.05) is 6.07 Å². The van der Waals surface area contributed by atoms with Crippen LogP contribution in [0.5, 0.6) is 5.75 Å². The molecule has 1 amide bonds. The van der Waals surface area contributed by atoms with Gasteiger partial charge in [0.15, 0.2) is 0 Å². The molecule has 3 rings (SSSR count). The van der Waals surface area contributed by atoms with Crippen LogP contribution in [0.25, 0.3) is 0 Å². The number of aryl methyl sites for hydroxylation is 1. The lowest BCUT2D eigenvalue weighted by Gasteiger charge is -2.17. The lowest BCUT2D eigenvalue weighted by Crippen LogP contribution is -2.19. The van der Waals surface area contributed by atoms with E-state index in [1.165, 1.54) is 49.6 Å². The lowest BCUT2D eigenvalue weighted by molar-refractivity contribution is -0.116.